The van der Waals surface area contributed by atoms with Gasteiger partial charge in [0.05, 0.1) is 7.11 Å². The van der Waals surface area contributed by atoms with Crippen molar-refractivity contribution in [2.24, 2.45) is 7.05 Å². The zero-order valence-corrected chi connectivity index (χ0v) is 19.8. The van der Waals surface area contributed by atoms with Crippen molar-refractivity contribution in [2.75, 3.05) is 13.7 Å². The molecule has 0 aliphatic heterocycles. The number of methoxy groups -OCH3 is 1. The molecule has 0 saturated carbocycles. The number of carbonyl (C=O) groups is 1. The lowest BCUT2D eigenvalue weighted by atomic mass is 10.0. The number of Topliss-reactive ketones (excluding diaryl/α,β-unsaturated/α-hetero) is 1. The molecule has 33 heavy (non-hydrogen) atoms. The standard InChI is InChI=1S/C27H29NO5/c1-6-7-8-18-13-25(30)33-27-16(2)24(12-10-20(18)27)32-15-23(29)26-17(3)28(4)22-11-9-19(31-5)14-21(22)26/h9-14H,6-8,15H2,1-5H3. The van der Waals surface area contributed by atoms with E-state index < -0.39 is 0 Å². The Kier molecular flexibility index (Phi) is 6.27. The number of hydrogen-bond acceptors (Lipinski definition) is 5. The van der Waals surface area contributed by atoms with Gasteiger partial charge in [-0.3, -0.25) is 4.79 Å². The van der Waals surface area contributed by atoms with E-state index in [4.69, 9.17) is 13.9 Å². The second kappa shape index (κ2) is 9.14. The summed E-state index contributed by atoms with van der Waals surface area (Å²) in [5.74, 6) is 1.11. The van der Waals surface area contributed by atoms with Gasteiger partial charge < -0.3 is 18.5 Å². The Morgan fingerprint density at radius 3 is 2.61 bits per heavy atom. The van der Waals surface area contributed by atoms with Crippen LogP contribution < -0.4 is 15.1 Å². The number of unbranched alkanes of at least 4 members (excludes halogenated alkanes) is 1. The molecule has 0 fully saturated rings. The maximum atomic E-state index is 13.2. The number of aryl methyl sites for hydroxylation is 3. The third kappa shape index (κ3) is 4.13. The van der Waals surface area contributed by atoms with Gasteiger partial charge in [0.25, 0.3) is 0 Å². The van der Waals surface area contributed by atoms with Gasteiger partial charge in [0.2, 0.25) is 5.78 Å². The summed E-state index contributed by atoms with van der Waals surface area (Å²) in [6, 6.07) is 11.0. The summed E-state index contributed by atoms with van der Waals surface area (Å²) in [5, 5.41) is 1.75. The first kappa shape index (κ1) is 22.6. The Hall–Kier alpha value is -3.54. The Labute approximate surface area is 192 Å². The molecule has 6 nitrogen and oxygen atoms in total. The molecular weight excluding hydrogens is 418 g/mol. The van der Waals surface area contributed by atoms with Crippen molar-refractivity contribution in [1.29, 1.82) is 0 Å². The predicted molar refractivity (Wildman–Crippen MR) is 130 cm³/mol. The van der Waals surface area contributed by atoms with Gasteiger partial charge in [-0.1, -0.05) is 13.3 Å². The average Bonchev–Trinajstić information content (AvgIpc) is 3.06. The number of carbonyl (C=O) groups excluding carboxylic acids is 1. The molecule has 0 aliphatic rings. The molecule has 172 valence electrons. The van der Waals surface area contributed by atoms with Gasteiger partial charge in [-0.15, -0.1) is 0 Å². The number of fused-ring (bicyclic) bond motifs is 2. The number of ether oxygens (including phenoxy) is 2. The zero-order valence-electron chi connectivity index (χ0n) is 19.8. The Morgan fingerprint density at radius 1 is 1.09 bits per heavy atom. The smallest absolute Gasteiger partial charge is 0.336 e. The van der Waals surface area contributed by atoms with Gasteiger partial charge >= 0.3 is 5.63 Å². The molecule has 0 amide bonds. The molecule has 0 atom stereocenters. The summed E-state index contributed by atoms with van der Waals surface area (Å²) in [6.45, 7) is 5.77. The van der Waals surface area contributed by atoms with E-state index in [1.165, 1.54) is 0 Å². The Morgan fingerprint density at radius 2 is 1.88 bits per heavy atom. The lowest BCUT2D eigenvalue weighted by molar-refractivity contribution is 0.0922. The molecule has 6 heteroatoms. The first-order valence-corrected chi connectivity index (χ1v) is 11.2. The van der Waals surface area contributed by atoms with Crippen LogP contribution in [-0.4, -0.2) is 24.1 Å². The van der Waals surface area contributed by atoms with Crippen molar-refractivity contribution in [2.45, 2.75) is 40.0 Å². The van der Waals surface area contributed by atoms with Crippen LogP contribution in [-0.2, 0) is 13.5 Å². The van der Waals surface area contributed by atoms with Crippen molar-refractivity contribution in [1.82, 2.24) is 4.57 Å². The van der Waals surface area contributed by atoms with Gasteiger partial charge in [0, 0.05) is 46.2 Å². The highest BCUT2D eigenvalue weighted by Gasteiger charge is 2.20. The monoisotopic (exact) mass is 447 g/mol. The highest BCUT2D eigenvalue weighted by atomic mass is 16.5. The predicted octanol–water partition coefficient (Wildman–Crippen LogP) is 5.51. The summed E-state index contributed by atoms with van der Waals surface area (Å²) in [5.41, 5.74) is 4.29. The fraction of sp³-hybridized carbons (Fsp3) is 0.333. The van der Waals surface area contributed by atoms with Crippen LogP contribution in [0.25, 0.3) is 21.9 Å². The highest BCUT2D eigenvalue weighted by Crippen LogP contribution is 2.31. The van der Waals surface area contributed by atoms with Gasteiger partial charge in [-0.05, 0) is 62.6 Å². The third-order valence-corrected chi connectivity index (χ3v) is 6.33. The molecule has 2 aromatic heterocycles. The van der Waals surface area contributed by atoms with Crippen LogP contribution in [0.2, 0.25) is 0 Å². The van der Waals surface area contributed by atoms with E-state index in [9.17, 15) is 9.59 Å². The maximum Gasteiger partial charge on any atom is 0.336 e. The second-order valence-electron chi connectivity index (χ2n) is 8.37. The van der Waals surface area contributed by atoms with Crippen molar-refractivity contribution in [3.05, 3.63) is 69.2 Å². The quantitative estimate of drug-likeness (QED) is 0.263. The topological polar surface area (TPSA) is 70.7 Å². The number of benzene rings is 2. The second-order valence-corrected chi connectivity index (χ2v) is 8.37. The van der Waals surface area contributed by atoms with E-state index in [1.54, 1.807) is 13.2 Å². The molecule has 0 aliphatic carbocycles. The van der Waals surface area contributed by atoms with Gasteiger partial charge in [-0.25, -0.2) is 4.79 Å². The third-order valence-electron chi connectivity index (χ3n) is 6.33. The van der Waals surface area contributed by atoms with Crippen molar-refractivity contribution >= 4 is 27.7 Å². The van der Waals surface area contributed by atoms with E-state index >= 15 is 0 Å². The number of nitrogens with zero attached hydrogens (tertiary/aromatic N) is 1. The first-order chi connectivity index (χ1) is 15.8. The van der Waals surface area contributed by atoms with E-state index in [1.807, 2.05) is 55.8 Å². The minimum Gasteiger partial charge on any atom is -0.497 e. The summed E-state index contributed by atoms with van der Waals surface area (Å²) in [7, 11) is 3.55. The summed E-state index contributed by atoms with van der Waals surface area (Å²) in [4.78, 5) is 25.3. The Bertz CT molecular complexity index is 1410. The molecule has 0 radical (unpaired) electrons. The van der Waals surface area contributed by atoms with Gasteiger partial charge in [-0.2, -0.15) is 0 Å². The van der Waals surface area contributed by atoms with Crippen LogP contribution in [0.4, 0.5) is 0 Å². The zero-order chi connectivity index (χ0) is 23.7. The van der Waals surface area contributed by atoms with E-state index in [0.29, 0.717) is 28.2 Å². The van der Waals surface area contributed by atoms with Crippen LogP contribution in [0.5, 0.6) is 11.5 Å². The molecule has 4 aromatic rings. The first-order valence-electron chi connectivity index (χ1n) is 11.2. The van der Waals surface area contributed by atoms with Crippen molar-refractivity contribution < 1.29 is 18.7 Å². The summed E-state index contributed by atoms with van der Waals surface area (Å²) < 4.78 is 18.8. The van der Waals surface area contributed by atoms with Crippen LogP contribution in [0.1, 0.15) is 46.9 Å². The van der Waals surface area contributed by atoms with E-state index in [-0.39, 0.29) is 18.0 Å². The van der Waals surface area contributed by atoms with Crippen molar-refractivity contribution in [3.8, 4) is 11.5 Å². The van der Waals surface area contributed by atoms with Crippen LogP contribution in [0.3, 0.4) is 0 Å². The maximum absolute atomic E-state index is 13.2. The molecule has 0 spiro atoms. The Balaban J connectivity index is 1.65. The SMILES string of the molecule is CCCCc1cc(=O)oc2c(C)c(OCC(=O)c3c(C)n(C)c4ccc(OC)cc34)ccc12. The van der Waals surface area contributed by atoms with Gasteiger partial charge in [0.1, 0.15) is 17.1 Å². The lowest BCUT2D eigenvalue weighted by Crippen LogP contribution is -2.13. The molecule has 4 rings (SSSR count). The number of ketones is 1. The van der Waals surface area contributed by atoms with Crippen LogP contribution >= 0.6 is 0 Å². The van der Waals surface area contributed by atoms with E-state index in [2.05, 4.69) is 6.92 Å². The number of rotatable bonds is 8. The molecule has 0 N–H and O–H groups in total. The van der Waals surface area contributed by atoms with E-state index in [0.717, 1.165) is 46.8 Å². The van der Waals surface area contributed by atoms with Crippen LogP contribution in [0.15, 0.2) is 45.6 Å². The average molecular weight is 448 g/mol. The van der Waals surface area contributed by atoms with Crippen molar-refractivity contribution in [3.63, 3.8) is 0 Å². The normalized spacial score (nSPS) is 11.3. The minimum atomic E-state index is -0.370. The molecular formula is C27H29NO5. The largest absolute Gasteiger partial charge is 0.497 e. The van der Waals surface area contributed by atoms with Crippen LogP contribution in [0, 0.1) is 13.8 Å². The highest BCUT2D eigenvalue weighted by molar-refractivity contribution is 6.10. The fourth-order valence-corrected chi connectivity index (χ4v) is 4.38. The molecule has 0 saturated heterocycles. The molecule has 2 heterocycles. The molecule has 0 bridgehead atoms. The minimum absolute atomic E-state index is 0.121. The number of hydrogen-bond donors (Lipinski definition) is 0. The fourth-order valence-electron chi connectivity index (χ4n) is 4.38. The summed E-state index contributed by atoms with van der Waals surface area (Å²) >= 11 is 0. The summed E-state index contributed by atoms with van der Waals surface area (Å²) in [6.07, 6.45) is 2.86. The van der Waals surface area contributed by atoms with Gasteiger partial charge in [0.15, 0.2) is 6.61 Å². The lowest BCUT2D eigenvalue weighted by Gasteiger charge is -2.12. The molecule has 2 aromatic carbocycles. The number of aromatic nitrogens is 1. The molecule has 0 unspecified atom stereocenters.